The molecule has 0 aromatic heterocycles. The van der Waals surface area contributed by atoms with E-state index in [0.29, 0.717) is 13.1 Å². The van der Waals surface area contributed by atoms with E-state index in [4.69, 9.17) is 5.73 Å². The van der Waals surface area contributed by atoms with Crippen LogP contribution in [0.5, 0.6) is 5.75 Å². The van der Waals surface area contributed by atoms with Gasteiger partial charge in [-0.2, -0.15) is 0 Å². The van der Waals surface area contributed by atoms with Crippen LogP contribution in [0, 0.1) is 11.2 Å². The maximum Gasteiger partial charge on any atom is 0.165 e. The average molecular weight is 268 g/mol. The molecule has 3 N–H and O–H groups in total. The minimum absolute atomic E-state index is 0.0463. The van der Waals surface area contributed by atoms with E-state index >= 15 is 0 Å². The Labute approximate surface area is 115 Å². The van der Waals surface area contributed by atoms with Crippen LogP contribution in [0.3, 0.4) is 0 Å². The summed E-state index contributed by atoms with van der Waals surface area (Å²) in [6.07, 6.45) is 1.04. The number of benzene rings is 1. The quantitative estimate of drug-likeness (QED) is 0.799. The van der Waals surface area contributed by atoms with E-state index in [9.17, 15) is 9.50 Å². The van der Waals surface area contributed by atoms with Crippen LogP contribution >= 0.6 is 0 Å². The molecule has 108 valence electrons. The maximum atomic E-state index is 13.3. The zero-order valence-electron chi connectivity index (χ0n) is 12.1. The highest BCUT2D eigenvalue weighted by atomic mass is 19.1. The van der Waals surface area contributed by atoms with Crippen molar-refractivity contribution in [3.63, 3.8) is 0 Å². The number of phenolic OH excluding ortho intramolecular Hbond substituents is 1. The number of nitrogens with two attached hydrogens (primary N) is 1. The first-order valence-electron chi connectivity index (χ1n) is 6.78. The van der Waals surface area contributed by atoms with Crippen molar-refractivity contribution >= 4 is 0 Å². The molecule has 0 spiro atoms. The Morgan fingerprint density at radius 2 is 2.05 bits per heavy atom. The van der Waals surface area contributed by atoms with Gasteiger partial charge in [0.1, 0.15) is 0 Å². The first kappa shape index (κ1) is 15.9. The second-order valence-electron chi connectivity index (χ2n) is 5.86. The van der Waals surface area contributed by atoms with Gasteiger partial charge in [0.25, 0.3) is 0 Å². The number of hydrogen-bond donors (Lipinski definition) is 2. The summed E-state index contributed by atoms with van der Waals surface area (Å²) >= 11 is 0. The zero-order chi connectivity index (χ0) is 14.5. The zero-order valence-corrected chi connectivity index (χ0v) is 12.1. The van der Waals surface area contributed by atoms with Crippen LogP contribution in [-0.4, -0.2) is 29.6 Å². The monoisotopic (exact) mass is 268 g/mol. The van der Waals surface area contributed by atoms with Crippen molar-refractivity contribution in [2.24, 2.45) is 11.1 Å². The summed E-state index contributed by atoms with van der Waals surface area (Å²) in [4.78, 5) is 2.28. The fourth-order valence-corrected chi connectivity index (χ4v) is 2.11. The smallest absolute Gasteiger partial charge is 0.165 e. The molecular formula is C15H25FN2O. The Morgan fingerprint density at radius 3 is 2.58 bits per heavy atom. The number of halogens is 1. The molecule has 1 aromatic carbocycles. The lowest BCUT2D eigenvalue weighted by Crippen LogP contribution is -2.38. The van der Waals surface area contributed by atoms with Gasteiger partial charge in [-0.05, 0) is 42.6 Å². The van der Waals surface area contributed by atoms with Gasteiger partial charge in [0.15, 0.2) is 11.6 Å². The van der Waals surface area contributed by atoms with E-state index in [1.807, 2.05) is 0 Å². The average Bonchev–Trinajstić information content (AvgIpc) is 2.34. The number of hydrogen-bond acceptors (Lipinski definition) is 3. The second kappa shape index (κ2) is 6.87. The molecule has 1 rings (SSSR count). The van der Waals surface area contributed by atoms with Crippen molar-refractivity contribution in [1.29, 1.82) is 0 Å². The van der Waals surface area contributed by atoms with E-state index in [2.05, 4.69) is 25.7 Å². The molecule has 0 radical (unpaired) electrons. The minimum Gasteiger partial charge on any atom is -0.505 e. The predicted molar refractivity (Wildman–Crippen MR) is 76.5 cm³/mol. The normalized spacial score (nSPS) is 12.1. The van der Waals surface area contributed by atoms with E-state index in [1.54, 1.807) is 6.07 Å². The molecule has 0 saturated heterocycles. The van der Waals surface area contributed by atoms with E-state index in [-0.39, 0.29) is 11.2 Å². The molecule has 19 heavy (non-hydrogen) atoms. The van der Waals surface area contributed by atoms with Gasteiger partial charge in [-0.3, -0.25) is 4.90 Å². The summed E-state index contributed by atoms with van der Waals surface area (Å²) in [5.41, 5.74) is 6.69. The van der Waals surface area contributed by atoms with Crippen LogP contribution in [0.1, 0.15) is 32.8 Å². The fraction of sp³-hybridized carbons (Fsp3) is 0.600. The fourth-order valence-electron chi connectivity index (χ4n) is 2.11. The summed E-state index contributed by atoms with van der Waals surface area (Å²) in [7, 11) is 0. The third-order valence-corrected chi connectivity index (χ3v) is 3.16. The molecule has 3 nitrogen and oxygen atoms in total. The Balaban J connectivity index is 2.74. The lowest BCUT2D eigenvalue weighted by molar-refractivity contribution is 0.175. The number of rotatable bonds is 7. The second-order valence-corrected chi connectivity index (χ2v) is 5.86. The lowest BCUT2D eigenvalue weighted by Gasteiger charge is -2.31. The lowest BCUT2D eigenvalue weighted by atomic mass is 9.93. The van der Waals surface area contributed by atoms with Gasteiger partial charge in [-0.15, -0.1) is 0 Å². The van der Waals surface area contributed by atoms with Crippen molar-refractivity contribution < 1.29 is 9.50 Å². The number of nitrogens with zero attached hydrogens (tertiary/aromatic N) is 1. The third kappa shape index (κ3) is 5.17. The Hall–Kier alpha value is -1.13. The Kier molecular flexibility index (Phi) is 5.76. The summed E-state index contributed by atoms with van der Waals surface area (Å²) in [6.45, 7) is 9.51. The first-order chi connectivity index (χ1) is 8.88. The van der Waals surface area contributed by atoms with Crippen LogP contribution in [0.2, 0.25) is 0 Å². The molecule has 0 saturated carbocycles. The largest absolute Gasteiger partial charge is 0.505 e. The maximum absolute atomic E-state index is 13.3. The topological polar surface area (TPSA) is 49.5 Å². The Bertz CT molecular complexity index is 407. The molecule has 0 aliphatic carbocycles. The van der Waals surface area contributed by atoms with Gasteiger partial charge in [0.05, 0.1) is 0 Å². The summed E-state index contributed by atoms with van der Waals surface area (Å²) in [5.74, 6) is -0.861. The van der Waals surface area contributed by atoms with Crippen LogP contribution in [0.4, 0.5) is 4.39 Å². The molecule has 0 amide bonds. The van der Waals surface area contributed by atoms with Gasteiger partial charge in [0.2, 0.25) is 0 Å². The van der Waals surface area contributed by atoms with Gasteiger partial charge < -0.3 is 10.8 Å². The van der Waals surface area contributed by atoms with Crippen LogP contribution in [0.25, 0.3) is 0 Å². The Morgan fingerprint density at radius 1 is 1.37 bits per heavy atom. The molecule has 0 atom stereocenters. The predicted octanol–water partition coefficient (Wildman–Crippen LogP) is 2.73. The van der Waals surface area contributed by atoms with Crippen molar-refractivity contribution in [3.05, 3.63) is 29.6 Å². The SMILES string of the molecule is CCCN(Cc1ccc(O)c(F)c1)CC(C)(C)CN. The first-order valence-corrected chi connectivity index (χ1v) is 6.78. The van der Waals surface area contributed by atoms with Gasteiger partial charge >= 0.3 is 0 Å². The molecule has 0 unspecified atom stereocenters. The van der Waals surface area contributed by atoms with Gasteiger partial charge in [-0.1, -0.05) is 26.8 Å². The molecule has 4 heteroatoms. The van der Waals surface area contributed by atoms with Crippen LogP contribution in [-0.2, 0) is 6.54 Å². The molecule has 0 heterocycles. The highest BCUT2D eigenvalue weighted by Gasteiger charge is 2.20. The molecule has 0 aliphatic heterocycles. The van der Waals surface area contributed by atoms with Crippen LogP contribution < -0.4 is 5.73 Å². The van der Waals surface area contributed by atoms with E-state index in [0.717, 1.165) is 25.1 Å². The highest BCUT2D eigenvalue weighted by molar-refractivity contribution is 5.27. The summed E-state index contributed by atoms with van der Waals surface area (Å²) < 4.78 is 13.3. The van der Waals surface area contributed by atoms with Crippen molar-refractivity contribution in [3.8, 4) is 5.75 Å². The van der Waals surface area contributed by atoms with Gasteiger partial charge in [-0.25, -0.2) is 4.39 Å². The van der Waals surface area contributed by atoms with Crippen molar-refractivity contribution in [2.75, 3.05) is 19.6 Å². The molecule has 0 fully saturated rings. The van der Waals surface area contributed by atoms with E-state index in [1.165, 1.54) is 12.1 Å². The van der Waals surface area contributed by atoms with Crippen molar-refractivity contribution in [1.82, 2.24) is 4.90 Å². The number of aromatic hydroxyl groups is 1. The third-order valence-electron chi connectivity index (χ3n) is 3.16. The minimum atomic E-state index is -0.563. The number of phenols is 1. The van der Waals surface area contributed by atoms with E-state index < -0.39 is 5.82 Å². The molecular weight excluding hydrogens is 243 g/mol. The van der Waals surface area contributed by atoms with Crippen molar-refractivity contribution in [2.45, 2.75) is 33.7 Å². The standard InChI is InChI=1S/C15H25FN2O/c1-4-7-18(11-15(2,3)10-17)9-12-5-6-14(19)13(16)8-12/h5-6,8,19H,4,7,9-11,17H2,1-3H3. The summed E-state index contributed by atoms with van der Waals surface area (Å²) in [6, 6.07) is 4.56. The molecule has 0 bridgehead atoms. The van der Waals surface area contributed by atoms with Crippen LogP contribution in [0.15, 0.2) is 18.2 Å². The summed E-state index contributed by atoms with van der Waals surface area (Å²) in [5, 5.41) is 9.20. The molecule has 0 aliphatic rings. The highest BCUT2D eigenvalue weighted by Crippen LogP contribution is 2.20. The van der Waals surface area contributed by atoms with Gasteiger partial charge in [0, 0.05) is 13.1 Å². The molecule has 1 aromatic rings.